The van der Waals surface area contributed by atoms with Crippen LogP contribution in [0.3, 0.4) is 0 Å². The quantitative estimate of drug-likeness (QED) is 0.421. The van der Waals surface area contributed by atoms with Crippen molar-refractivity contribution in [3.63, 3.8) is 0 Å². The van der Waals surface area contributed by atoms with Crippen LogP contribution in [-0.4, -0.2) is 19.6 Å². The number of ether oxygens (including phenoxy) is 2. The van der Waals surface area contributed by atoms with E-state index in [9.17, 15) is 4.79 Å². The lowest BCUT2D eigenvalue weighted by molar-refractivity contribution is -0.111. The molecular weight excluding hydrogens is 394 g/mol. The van der Waals surface area contributed by atoms with Crippen molar-refractivity contribution in [2.45, 2.75) is 26.2 Å². The van der Waals surface area contributed by atoms with E-state index < -0.39 is 0 Å². The van der Waals surface area contributed by atoms with Gasteiger partial charge < -0.3 is 14.8 Å². The maximum atomic E-state index is 12.1. The number of benzene rings is 2. The molecule has 1 amide bonds. The van der Waals surface area contributed by atoms with Gasteiger partial charge in [-0.25, -0.2) is 0 Å². The molecule has 0 spiro atoms. The zero-order chi connectivity index (χ0) is 18.8. The largest absolute Gasteiger partial charge is 0.493 e. The van der Waals surface area contributed by atoms with Gasteiger partial charge >= 0.3 is 0 Å². The maximum Gasteiger partial charge on any atom is 0.248 e. The van der Waals surface area contributed by atoms with E-state index >= 15 is 0 Å². The van der Waals surface area contributed by atoms with E-state index in [1.165, 1.54) is 6.08 Å². The lowest BCUT2D eigenvalue weighted by Crippen LogP contribution is -2.07. The molecule has 0 aliphatic heterocycles. The molecular formula is C21H24BrNO3. The van der Waals surface area contributed by atoms with Crippen molar-refractivity contribution < 1.29 is 14.3 Å². The first-order valence-electron chi connectivity index (χ1n) is 8.68. The molecule has 2 rings (SSSR count). The summed E-state index contributed by atoms with van der Waals surface area (Å²) in [5.41, 5.74) is 1.61. The number of halogens is 1. The van der Waals surface area contributed by atoms with Gasteiger partial charge in [0.1, 0.15) is 0 Å². The molecule has 0 bridgehead atoms. The van der Waals surface area contributed by atoms with Gasteiger partial charge in [-0.2, -0.15) is 0 Å². The van der Waals surface area contributed by atoms with Gasteiger partial charge in [0.2, 0.25) is 5.91 Å². The highest BCUT2D eigenvalue weighted by Gasteiger charge is 2.05. The summed E-state index contributed by atoms with van der Waals surface area (Å²) in [5, 5.41) is 2.82. The number of carbonyl (C=O) groups excluding carboxylic acids is 1. The standard InChI is InChI=1S/C21H24BrNO3/c1-3-4-5-13-26-19-11-9-16(14-20(19)25-2)10-12-21(24)23-18-8-6-7-17(22)15-18/h6-12,14-15H,3-5,13H2,1-2H3,(H,23,24). The van der Waals surface area contributed by atoms with Crippen LogP contribution in [0, 0.1) is 0 Å². The Bertz CT molecular complexity index is 759. The summed E-state index contributed by atoms with van der Waals surface area (Å²) in [6.45, 7) is 2.84. The Balaban J connectivity index is 1.97. The first kappa shape index (κ1) is 20.0. The van der Waals surface area contributed by atoms with Crippen molar-refractivity contribution in [3.05, 3.63) is 58.6 Å². The third kappa shape index (κ3) is 6.56. The Morgan fingerprint density at radius 3 is 2.73 bits per heavy atom. The molecule has 5 heteroatoms. The first-order valence-corrected chi connectivity index (χ1v) is 9.47. The SMILES string of the molecule is CCCCCOc1ccc(C=CC(=O)Nc2cccc(Br)c2)cc1OC. The van der Waals surface area contributed by atoms with E-state index in [0.717, 1.165) is 40.7 Å². The number of carbonyl (C=O) groups is 1. The molecule has 2 aromatic rings. The molecule has 0 unspecified atom stereocenters. The van der Waals surface area contributed by atoms with Crippen LogP contribution in [0.2, 0.25) is 0 Å². The predicted molar refractivity (Wildman–Crippen MR) is 110 cm³/mol. The van der Waals surface area contributed by atoms with E-state index in [-0.39, 0.29) is 5.91 Å². The number of methoxy groups -OCH3 is 1. The van der Waals surface area contributed by atoms with Gasteiger partial charge in [0.25, 0.3) is 0 Å². The fraction of sp³-hybridized carbons (Fsp3) is 0.286. The summed E-state index contributed by atoms with van der Waals surface area (Å²) in [5.74, 6) is 1.19. The van der Waals surface area contributed by atoms with Crippen LogP contribution in [0.5, 0.6) is 11.5 Å². The van der Waals surface area contributed by atoms with Crippen LogP contribution in [0.25, 0.3) is 6.08 Å². The van der Waals surface area contributed by atoms with Gasteiger partial charge in [-0.15, -0.1) is 0 Å². The number of anilines is 1. The maximum absolute atomic E-state index is 12.1. The Hall–Kier alpha value is -2.27. The lowest BCUT2D eigenvalue weighted by atomic mass is 10.2. The van der Waals surface area contributed by atoms with E-state index in [4.69, 9.17) is 9.47 Å². The van der Waals surface area contributed by atoms with Gasteiger partial charge in [0, 0.05) is 16.2 Å². The second-order valence-electron chi connectivity index (χ2n) is 5.80. The molecule has 1 N–H and O–H groups in total. The average Bonchev–Trinajstić information content (AvgIpc) is 2.64. The molecule has 26 heavy (non-hydrogen) atoms. The molecule has 0 aliphatic rings. The van der Waals surface area contributed by atoms with Crippen LogP contribution in [0.1, 0.15) is 31.7 Å². The predicted octanol–water partition coefficient (Wildman–Crippen LogP) is 5.68. The number of hydrogen-bond donors (Lipinski definition) is 1. The van der Waals surface area contributed by atoms with Crippen LogP contribution >= 0.6 is 15.9 Å². The van der Waals surface area contributed by atoms with Crippen LogP contribution in [-0.2, 0) is 4.79 Å². The molecule has 0 aliphatic carbocycles. The monoisotopic (exact) mass is 417 g/mol. The highest BCUT2D eigenvalue weighted by molar-refractivity contribution is 9.10. The molecule has 0 radical (unpaired) electrons. The molecule has 0 fully saturated rings. The summed E-state index contributed by atoms with van der Waals surface area (Å²) in [6, 6.07) is 13.1. The van der Waals surface area contributed by atoms with Crippen molar-refractivity contribution in [2.24, 2.45) is 0 Å². The van der Waals surface area contributed by atoms with E-state index in [1.54, 1.807) is 13.2 Å². The van der Waals surface area contributed by atoms with E-state index in [0.29, 0.717) is 12.4 Å². The Morgan fingerprint density at radius 2 is 2.00 bits per heavy atom. The summed E-state index contributed by atoms with van der Waals surface area (Å²) in [7, 11) is 1.61. The number of nitrogens with one attached hydrogen (secondary N) is 1. The van der Waals surface area contributed by atoms with Gasteiger partial charge in [-0.3, -0.25) is 4.79 Å². The smallest absolute Gasteiger partial charge is 0.248 e. The van der Waals surface area contributed by atoms with Crippen LogP contribution in [0.4, 0.5) is 5.69 Å². The second kappa shape index (κ2) is 10.7. The molecule has 0 aromatic heterocycles. The third-order valence-corrected chi connectivity index (χ3v) is 4.21. The fourth-order valence-electron chi connectivity index (χ4n) is 2.36. The normalized spacial score (nSPS) is 10.7. The van der Waals surface area contributed by atoms with E-state index in [2.05, 4.69) is 28.2 Å². The molecule has 2 aromatic carbocycles. The third-order valence-electron chi connectivity index (χ3n) is 3.71. The minimum atomic E-state index is -0.193. The fourth-order valence-corrected chi connectivity index (χ4v) is 2.76. The van der Waals surface area contributed by atoms with Gasteiger partial charge in [0.15, 0.2) is 11.5 Å². The topological polar surface area (TPSA) is 47.6 Å². The minimum absolute atomic E-state index is 0.193. The van der Waals surface area contributed by atoms with Crippen molar-refractivity contribution in [1.82, 2.24) is 0 Å². The Labute approximate surface area is 163 Å². The Morgan fingerprint density at radius 1 is 1.15 bits per heavy atom. The number of amides is 1. The lowest BCUT2D eigenvalue weighted by Gasteiger charge is -2.11. The highest BCUT2D eigenvalue weighted by Crippen LogP contribution is 2.28. The van der Waals surface area contributed by atoms with Crippen molar-refractivity contribution >= 4 is 33.6 Å². The van der Waals surface area contributed by atoms with Crippen LogP contribution in [0.15, 0.2) is 53.0 Å². The number of hydrogen-bond acceptors (Lipinski definition) is 3. The number of unbranched alkanes of at least 4 members (excludes halogenated alkanes) is 2. The molecule has 0 heterocycles. The second-order valence-corrected chi connectivity index (χ2v) is 6.71. The summed E-state index contributed by atoms with van der Waals surface area (Å²) in [4.78, 5) is 12.1. The number of rotatable bonds is 9. The summed E-state index contributed by atoms with van der Waals surface area (Å²) in [6.07, 6.45) is 6.58. The molecule has 0 atom stereocenters. The van der Waals surface area contributed by atoms with Crippen LogP contribution < -0.4 is 14.8 Å². The van der Waals surface area contributed by atoms with Crippen molar-refractivity contribution in [1.29, 1.82) is 0 Å². The van der Waals surface area contributed by atoms with Crippen molar-refractivity contribution in [2.75, 3.05) is 19.0 Å². The zero-order valence-corrected chi connectivity index (χ0v) is 16.7. The van der Waals surface area contributed by atoms with Crippen molar-refractivity contribution in [3.8, 4) is 11.5 Å². The summed E-state index contributed by atoms with van der Waals surface area (Å²) < 4.78 is 12.1. The zero-order valence-electron chi connectivity index (χ0n) is 15.1. The first-order chi connectivity index (χ1) is 12.6. The molecule has 4 nitrogen and oxygen atoms in total. The average molecular weight is 418 g/mol. The minimum Gasteiger partial charge on any atom is -0.493 e. The van der Waals surface area contributed by atoms with Gasteiger partial charge in [0.05, 0.1) is 13.7 Å². The molecule has 138 valence electrons. The summed E-state index contributed by atoms with van der Waals surface area (Å²) >= 11 is 3.38. The van der Waals surface area contributed by atoms with Gasteiger partial charge in [-0.05, 0) is 48.4 Å². The van der Waals surface area contributed by atoms with Gasteiger partial charge in [-0.1, -0.05) is 47.8 Å². The molecule has 0 saturated heterocycles. The highest BCUT2D eigenvalue weighted by atomic mass is 79.9. The Kier molecular flexibility index (Phi) is 8.22. The van der Waals surface area contributed by atoms with E-state index in [1.807, 2.05) is 42.5 Å². The molecule has 0 saturated carbocycles.